The topological polar surface area (TPSA) is 0 Å². The summed E-state index contributed by atoms with van der Waals surface area (Å²) in [6.45, 7) is 13.3. The fourth-order valence-electron chi connectivity index (χ4n) is 5.56. The van der Waals surface area contributed by atoms with Crippen LogP contribution in [0.5, 0.6) is 0 Å². The van der Waals surface area contributed by atoms with Crippen LogP contribution in [0, 0.1) is 6.92 Å². The third-order valence-corrected chi connectivity index (χ3v) is 7.84. The van der Waals surface area contributed by atoms with Gasteiger partial charge < -0.3 is 0 Å². The second-order valence-corrected chi connectivity index (χ2v) is 16.4. The summed E-state index contributed by atoms with van der Waals surface area (Å²) in [4.78, 5) is 0. The van der Waals surface area contributed by atoms with Gasteiger partial charge in [0.2, 0.25) is 0 Å². The van der Waals surface area contributed by atoms with E-state index < -0.39 is 20.8 Å². The SMILES string of the molecule is CC(C)c1cc2c(-c3ccccc3)cccc2[cH-]1.CCCCCc1cc2c(-c3ccccc3)ccc(C)c2[cH-]1.C[Si]C.[Cl][Zr+2][Cl]. The van der Waals surface area contributed by atoms with Gasteiger partial charge in [-0.25, -0.2) is 0 Å². The summed E-state index contributed by atoms with van der Waals surface area (Å²) in [5.41, 5.74) is 9.60. The minimum atomic E-state index is -0.826. The van der Waals surface area contributed by atoms with Gasteiger partial charge in [0.15, 0.2) is 0 Å². The second kappa shape index (κ2) is 20.1. The van der Waals surface area contributed by atoms with E-state index in [0.29, 0.717) is 5.92 Å². The molecule has 0 bridgehead atoms. The van der Waals surface area contributed by atoms with Gasteiger partial charge >= 0.3 is 37.9 Å². The first-order valence-corrected chi connectivity index (χ1v) is 24.2. The molecule has 0 amide bonds. The van der Waals surface area contributed by atoms with Crippen molar-refractivity contribution in [1.82, 2.24) is 0 Å². The molecule has 232 valence electrons. The summed E-state index contributed by atoms with van der Waals surface area (Å²) in [6.07, 6.45) is 5.11. The van der Waals surface area contributed by atoms with E-state index in [2.05, 4.69) is 156 Å². The van der Waals surface area contributed by atoms with Crippen LogP contribution in [0.15, 0.2) is 115 Å². The molecule has 4 heteroatoms. The van der Waals surface area contributed by atoms with E-state index in [1.807, 2.05) is 0 Å². The number of hydrogen-bond acceptors (Lipinski definition) is 0. The summed E-state index contributed by atoms with van der Waals surface area (Å²) in [6, 6.07) is 41.9. The number of fused-ring (bicyclic) bond motifs is 2. The first-order chi connectivity index (χ1) is 21.9. The van der Waals surface area contributed by atoms with Crippen molar-refractivity contribution in [2.45, 2.75) is 72.4 Å². The molecule has 0 aliphatic heterocycles. The third kappa shape index (κ3) is 10.9. The molecule has 0 nitrogen and oxygen atoms in total. The zero-order valence-corrected chi connectivity index (χ0v) is 32.6. The molecule has 6 aromatic carbocycles. The van der Waals surface area contributed by atoms with E-state index in [1.54, 1.807) is 0 Å². The van der Waals surface area contributed by atoms with Gasteiger partial charge in [0.05, 0.1) is 0 Å². The molecule has 0 spiro atoms. The first kappa shape index (κ1) is 37.2. The van der Waals surface area contributed by atoms with Crippen LogP contribution in [0.25, 0.3) is 43.8 Å². The van der Waals surface area contributed by atoms with Crippen LogP contribution in [-0.4, -0.2) is 9.52 Å². The molecule has 0 saturated heterocycles. The van der Waals surface area contributed by atoms with Crippen LogP contribution in [0.2, 0.25) is 13.1 Å². The van der Waals surface area contributed by atoms with Gasteiger partial charge in [-0.3, -0.25) is 0 Å². The van der Waals surface area contributed by atoms with Crippen molar-refractivity contribution in [3.05, 3.63) is 132 Å². The monoisotopic (exact) mass is 726 g/mol. The van der Waals surface area contributed by atoms with Crippen LogP contribution in [0.3, 0.4) is 0 Å². The summed E-state index contributed by atoms with van der Waals surface area (Å²) >= 11 is -0.826. The molecule has 0 fully saturated rings. The molecular weight excluding hydrogens is 683 g/mol. The predicted molar refractivity (Wildman–Crippen MR) is 201 cm³/mol. The molecule has 6 aromatic rings. The molecule has 6 rings (SSSR count). The number of rotatable bonds is 7. The Morgan fingerprint density at radius 2 is 1.29 bits per heavy atom. The number of halogens is 2. The first-order valence-electron chi connectivity index (χ1n) is 15.9. The van der Waals surface area contributed by atoms with Crippen LogP contribution in [0.4, 0.5) is 0 Å². The molecule has 0 saturated carbocycles. The van der Waals surface area contributed by atoms with Crippen LogP contribution >= 0.6 is 17.0 Å². The normalized spacial score (nSPS) is 10.3. The van der Waals surface area contributed by atoms with E-state index in [-0.39, 0.29) is 0 Å². The number of benzene rings is 4. The van der Waals surface area contributed by atoms with Gasteiger partial charge in [0.25, 0.3) is 0 Å². The fraction of sp³-hybridized carbons (Fsp3) is 0.268. The quantitative estimate of drug-likeness (QED) is 0.0872. The number of unbranched alkanes of at least 4 members (excludes halogenated alkanes) is 2. The zero-order valence-electron chi connectivity index (χ0n) is 27.6. The number of aryl methyl sites for hydroxylation is 2. The molecule has 0 unspecified atom stereocenters. The fourth-order valence-corrected chi connectivity index (χ4v) is 5.56. The van der Waals surface area contributed by atoms with Gasteiger partial charge in [0.1, 0.15) is 0 Å². The van der Waals surface area contributed by atoms with Crippen molar-refractivity contribution < 1.29 is 20.8 Å². The van der Waals surface area contributed by atoms with Crippen molar-refractivity contribution >= 4 is 48.1 Å². The average Bonchev–Trinajstić information content (AvgIpc) is 3.69. The van der Waals surface area contributed by atoms with E-state index in [1.165, 1.54) is 86.2 Å². The maximum atomic E-state index is 4.93. The molecule has 0 N–H and O–H groups in total. The molecule has 0 aliphatic rings. The van der Waals surface area contributed by atoms with Crippen molar-refractivity contribution in [1.29, 1.82) is 0 Å². The Kier molecular flexibility index (Phi) is 16.6. The van der Waals surface area contributed by atoms with Gasteiger partial charge in [-0.15, -0.1) is 68.6 Å². The van der Waals surface area contributed by atoms with E-state index in [0.717, 1.165) is 9.52 Å². The maximum absolute atomic E-state index is 4.93. The zero-order chi connectivity index (χ0) is 32.6. The Bertz CT molecular complexity index is 1680. The van der Waals surface area contributed by atoms with E-state index >= 15 is 0 Å². The van der Waals surface area contributed by atoms with Crippen LogP contribution < -0.4 is 0 Å². The summed E-state index contributed by atoms with van der Waals surface area (Å²) in [7, 11) is 11.0. The summed E-state index contributed by atoms with van der Waals surface area (Å²) in [5, 5.41) is 5.54. The van der Waals surface area contributed by atoms with Gasteiger partial charge in [-0.2, -0.15) is 12.1 Å². The molecule has 0 atom stereocenters. The standard InChI is InChI=1S/C21H23.C18H17.C2H6Si.2ClH.Zr/c1-3-4-6-9-17-14-20-16(2)12-13-19(21(20)15-17)18-10-7-5-8-11-18;1-13(2)16-11-15-9-6-10-17(18(15)12-16)14-7-4-3-5-8-14;1-3-2;;;/h5,7-8,10-15H,3-4,6,9H2,1-2H3;3-13H,1-2H3;1-2H3;2*1H;/q2*-1;;;;+4/p-2. The van der Waals surface area contributed by atoms with Crippen LogP contribution in [-0.2, 0) is 27.3 Å². The van der Waals surface area contributed by atoms with Crippen molar-refractivity contribution in [2.24, 2.45) is 0 Å². The average molecular weight is 729 g/mol. The summed E-state index contributed by atoms with van der Waals surface area (Å²) < 4.78 is 0. The molecule has 0 aliphatic carbocycles. The van der Waals surface area contributed by atoms with Crippen molar-refractivity contribution in [3.8, 4) is 22.3 Å². The number of hydrogen-bond donors (Lipinski definition) is 0. The minimum absolute atomic E-state index is 0.584. The van der Waals surface area contributed by atoms with Crippen molar-refractivity contribution in [3.63, 3.8) is 0 Å². The van der Waals surface area contributed by atoms with E-state index in [4.69, 9.17) is 17.0 Å². The van der Waals surface area contributed by atoms with Crippen LogP contribution in [0.1, 0.15) is 62.6 Å². The molecule has 2 radical (unpaired) electrons. The molecule has 0 aromatic heterocycles. The molecule has 45 heavy (non-hydrogen) atoms. The second-order valence-electron chi connectivity index (χ2n) is 11.6. The third-order valence-electron chi connectivity index (χ3n) is 7.84. The van der Waals surface area contributed by atoms with Gasteiger partial charge in [-0.1, -0.05) is 144 Å². The Morgan fingerprint density at radius 3 is 1.84 bits per heavy atom. The Morgan fingerprint density at radius 1 is 0.711 bits per heavy atom. The van der Waals surface area contributed by atoms with Gasteiger partial charge in [0, 0.05) is 9.52 Å². The van der Waals surface area contributed by atoms with Crippen molar-refractivity contribution in [2.75, 3.05) is 0 Å². The van der Waals surface area contributed by atoms with Gasteiger partial charge in [-0.05, 0) is 23.5 Å². The molecular formula is C41H46Cl2SiZr. The summed E-state index contributed by atoms with van der Waals surface area (Å²) in [5.74, 6) is 0.584. The molecule has 0 heterocycles. The predicted octanol–water partition coefficient (Wildman–Crippen LogP) is 13.8. The Labute approximate surface area is 293 Å². The Hall–Kier alpha value is -2.22. The van der Waals surface area contributed by atoms with E-state index in [9.17, 15) is 0 Å². The Balaban J connectivity index is 0.000000211.